The van der Waals surface area contributed by atoms with E-state index in [-0.39, 0.29) is 0 Å². The van der Waals surface area contributed by atoms with Crippen molar-refractivity contribution in [2.24, 2.45) is 23.2 Å². The zero-order valence-electron chi connectivity index (χ0n) is 11.7. The van der Waals surface area contributed by atoms with Crippen LogP contribution in [0, 0.1) is 34.5 Å². The van der Waals surface area contributed by atoms with Gasteiger partial charge in [0.2, 0.25) is 5.89 Å². The largest absolute Gasteiger partial charge is 0.445 e. The summed E-state index contributed by atoms with van der Waals surface area (Å²) in [5, 5.41) is 8.66. The first kappa shape index (κ1) is 12.2. The fourth-order valence-electron chi connectivity index (χ4n) is 5.19. The second-order valence-corrected chi connectivity index (χ2v) is 7.13. The number of nitriles is 1. The van der Waals surface area contributed by atoms with Crippen molar-refractivity contribution >= 4 is 6.08 Å². The molecule has 1 aromatic heterocycles. The lowest BCUT2D eigenvalue weighted by Crippen LogP contribution is -2.44. The van der Waals surface area contributed by atoms with Crippen molar-refractivity contribution in [1.29, 1.82) is 5.26 Å². The Morgan fingerprint density at radius 3 is 2.50 bits per heavy atom. The molecule has 4 fully saturated rings. The van der Waals surface area contributed by atoms with Gasteiger partial charge in [0.25, 0.3) is 0 Å². The van der Waals surface area contributed by atoms with Crippen LogP contribution in [0.5, 0.6) is 0 Å². The fourth-order valence-corrected chi connectivity index (χ4v) is 5.19. The standard InChI is InChI=1S/C17H20N2O/c18-4-2-15-11-20-16(19-15)1-3-17-8-12-5-13(9-17)7-14(6-12)10-17/h1,3,11-14H,2,5-10H2/b3-1+. The molecule has 0 N–H and O–H groups in total. The van der Waals surface area contributed by atoms with Crippen LogP contribution in [0.3, 0.4) is 0 Å². The molecule has 0 unspecified atom stereocenters. The number of allylic oxidation sites excluding steroid dienone is 1. The van der Waals surface area contributed by atoms with E-state index in [9.17, 15) is 0 Å². The Labute approximate surface area is 119 Å². The van der Waals surface area contributed by atoms with Gasteiger partial charge in [0.15, 0.2) is 0 Å². The van der Waals surface area contributed by atoms with Crippen LogP contribution in [0.25, 0.3) is 6.08 Å². The summed E-state index contributed by atoms with van der Waals surface area (Å²) in [4.78, 5) is 4.34. The third-order valence-corrected chi connectivity index (χ3v) is 5.49. The Morgan fingerprint density at radius 1 is 1.25 bits per heavy atom. The van der Waals surface area contributed by atoms with E-state index in [1.165, 1.54) is 38.5 Å². The molecule has 4 bridgehead atoms. The summed E-state index contributed by atoms with van der Waals surface area (Å²) < 4.78 is 5.43. The summed E-state index contributed by atoms with van der Waals surface area (Å²) in [5.74, 6) is 3.55. The summed E-state index contributed by atoms with van der Waals surface area (Å²) in [7, 11) is 0. The van der Waals surface area contributed by atoms with Gasteiger partial charge >= 0.3 is 0 Å². The van der Waals surface area contributed by atoms with Gasteiger partial charge in [0, 0.05) is 0 Å². The second-order valence-electron chi connectivity index (χ2n) is 7.13. The van der Waals surface area contributed by atoms with Crippen molar-refractivity contribution in [3.8, 4) is 6.07 Å². The van der Waals surface area contributed by atoms with Gasteiger partial charge in [-0.2, -0.15) is 5.26 Å². The lowest BCUT2D eigenvalue weighted by atomic mass is 9.49. The van der Waals surface area contributed by atoms with Gasteiger partial charge in [-0.1, -0.05) is 6.08 Å². The van der Waals surface area contributed by atoms with Gasteiger partial charge in [0.05, 0.1) is 18.2 Å². The highest BCUT2D eigenvalue weighted by Crippen LogP contribution is 2.60. The topological polar surface area (TPSA) is 49.8 Å². The SMILES string of the molecule is N#CCc1coc(/C=C/C23CC4CC(CC(C4)C2)C3)n1. The van der Waals surface area contributed by atoms with E-state index < -0.39 is 0 Å². The van der Waals surface area contributed by atoms with E-state index in [2.05, 4.69) is 17.1 Å². The van der Waals surface area contributed by atoms with E-state index in [1.807, 2.05) is 6.08 Å². The fraction of sp³-hybridized carbons (Fsp3) is 0.647. The predicted octanol–water partition coefficient (Wildman–Crippen LogP) is 3.97. The first-order valence-electron chi connectivity index (χ1n) is 7.75. The van der Waals surface area contributed by atoms with Gasteiger partial charge < -0.3 is 4.42 Å². The van der Waals surface area contributed by atoms with Gasteiger partial charge in [-0.3, -0.25) is 0 Å². The number of hydrogen-bond donors (Lipinski definition) is 0. The van der Waals surface area contributed by atoms with E-state index in [1.54, 1.807) is 6.26 Å². The first-order valence-corrected chi connectivity index (χ1v) is 7.75. The minimum absolute atomic E-state index is 0.328. The highest BCUT2D eigenvalue weighted by atomic mass is 16.3. The molecule has 0 atom stereocenters. The Balaban J connectivity index is 1.53. The molecule has 3 heteroatoms. The van der Waals surface area contributed by atoms with Crippen LogP contribution in [0.2, 0.25) is 0 Å². The summed E-state index contributed by atoms with van der Waals surface area (Å²) >= 11 is 0. The average Bonchev–Trinajstić information content (AvgIpc) is 2.83. The van der Waals surface area contributed by atoms with Crippen LogP contribution in [-0.4, -0.2) is 4.98 Å². The molecular formula is C17H20N2O. The van der Waals surface area contributed by atoms with E-state index >= 15 is 0 Å². The maximum atomic E-state index is 8.66. The third-order valence-electron chi connectivity index (χ3n) is 5.49. The second kappa shape index (κ2) is 4.48. The number of aromatic nitrogens is 1. The summed E-state index contributed by atoms with van der Waals surface area (Å²) in [5.41, 5.74) is 1.15. The minimum Gasteiger partial charge on any atom is -0.445 e. The molecule has 104 valence electrons. The molecule has 0 aliphatic heterocycles. The quantitative estimate of drug-likeness (QED) is 0.833. The lowest BCUT2D eigenvalue weighted by molar-refractivity contribution is -0.0233. The van der Waals surface area contributed by atoms with Crippen LogP contribution < -0.4 is 0 Å². The summed E-state index contributed by atoms with van der Waals surface area (Å²) in [6.45, 7) is 0. The average molecular weight is 268 g/mol. The lowest BCUT2D eigenvalue weighted by Gasteiger charge is -2.55. The molecule has 4 saturated carbocycles. The highest BCUT2D eigenvalue weighted by Gasteiger charge is 2.49. The first-order chi connectivity index (χ1) is 9.75. The van der Waals surface area contributed by atoms with E-state index in [0.29, 0.717) is 17.7 Å². The Bertz CT molecular complexity index is 543. The molecule has 5 rings (SSSR count). The molecule has 0 spiro atoms. The van der Waals surface area contributed by atoms with Gasteiger partial charge in [0.1, 0.15) is 6.26 Å². The van der Waals surface area contributed by atoms with Gasteiger partial charge in [-0.15, -0.1) is 0 Å². The highest BCUT2D eigenvalue weighted by molar-refractivity contribution is 5.40. The van der Waals surface area contributed by atoms with Crippen molar-refractivity contribution in [3.63, 3.8) is 0 Å². The van der Waals surface area contributed by atoms with E-state index in [0.717, 1.165) is 23.4 Å². The van der Waals surface area contributed by atoms with Crippen LogP contribution in [0.4, 0.5) is 0 Å². The molecule has 0 aromatic carbocycles. The molecule has 0 radical (unpaired) electrons. The molecule has 1 heterocycles. The van der Waals surface area contributed by atoms with Crippen molar-refractivity contribution in [2.45, 2.75) is 44.9 Å². The van der Waals surface area contributed by atoms with Crippen LogP contribution >= 0.6 is 0 Å². The molecule has 4 aliphatic carbocycles. The molecule has 4 aliphatic rings. The summed E-state index contributed by atoms with van der Waals surface area (Å²) in [6.07, 6.45) is 14.9. The van der Waals surface area contributed by atoms with Crippen molar-refractivity contribution in [3.05, 3.63) is 23.9 Å². The third kappa shape index (κ3) is 2.08. The Hall–Kier alpha value is -1.56. The molecule has 1 aromatic rings. The minimum atomic E-state index is 0.328. The monoisotopic (exact) mass is 268 g/mol. The normalized spacial score (nSPS) is 38.5. The zero-order valence-corrected chi connectivity index (χ0v) is 11.7. The number of oxazole rings is 1. The molecule has 20 heavy (non-hydrogen) atoms. The maximum Gasteiger partial charge on any atom is 0.218 e. The number of nitrogens with zero attached hydrogens (tertiary/aromatic N) is 2. The van der Waals surface area contributed by atoms with Gasteiger partial charge in [-0.25, -0.2) is 4.98 Å². The maximum absolute atomic E-state index is 8.66. The molecule has 0 saturated heterocycles. The van der Waals surface area contributed by atoms with Crippen molar-refractivity contribution in [2.75, 3.05) is 0 Å². The van der Waals surface area contributed by atoms with Gasteiger partial charge in [-0.05, 0) is 67.8 Å². The molecule has 0 amide bonds. The van der Waals surface area contributed by atoms with Crippen molar-refractivity contribution in [1.82, 2.24) is 4.98 Å². The zero-order chi connectivity index (χ0) is 13.6. The number of rotatable bonds is 3. The van der Waals surface area contributed by atoms with Crippen LogP contribution in [-0.2, 0) is 6.42 Å². The van der Waals surface area contributed by atoms with Crippen LogP contribution in [0.15, 0.2) is 16.8 Å². The molecular weight excluding hydrogens is 248 g/mol. The Kier molecular flexibility index (Phi) is 2.73. The smallest absolute Gasteiger partial charge is 0.218 e. The van der Waals surface area contributed by atoms with Crippen molar-refractivity contribution < 1.29 is 4.42 Å². The molecule has 3 nitrogen and oxygen atoms in total. The summed E-state index contributed by atoms with van der Waals surface area (Å²) in [6, 6.07) is 2.10. The number of hydrogen-bond acceptors (Lipinski definition) is 3. The Morgan fingerprint density at radius 2 is 1.90 bits per heavy atom. The predicted molar refractivity (Wildman–Crippen MR) is 75.5 cm³/mol. The van der Waals surface area contributed by atoms with Crippen LogP contribution in [0.1, 0.15) is 50.1 Å². The van der Waals surface area contributed by atoms with E-state index in [4.69, 9.17) is 9.68 Å².